The van der Waals surface area contributed by atoms with E-state index in [0.717, 1.165) is 0 Å². The summed E-state index contributed by atoms with van der Waals surface area (Å²) >= 11 is 0. The number of nitrogens with two attached hydrogens (primary N) is 1. The smallest absolute Gasteiger partial charge is 0.404 e. The van der Waals surface area contributed by atoms with Gasteiger partial charge >= 0.3 is 11.7 Å². The fourth-order valence-corrected chi connectivity index (χ4v) is 3.72. The third-order valence-electron chi connectivity index (χ3n) is 5.73. The largest absolute Gasteiger partial charge is 0.462 e. The molecule has 168 valence electrons. The van der Waals surface area contributed by atoms with E-state index in [1.54, 1.807) is 45.9 Å². The van der Waals surface area contributed by atoms with Crippen LogP contribution in [-0.4, -0.2) is 41.1 Å². The van der Waals surface area contributed by atoms with Gasteiger partial charge in [0.05, 0.1) is 5.60 Å². The second kappa shape index (κ2) is 8.32. The van der Waals surface area contributed by atoms with E-state index in [9.17, 15) is 19.5 Å². The number of hydrogen-bond donors (Lipinski definition) is 2. The quantitative estimate of drug-likeness (QED) is 0.685. The number of amides is 1. The Morgan fingerprint density at radius 2 is 1.97 bits per heavy atom. The van der Waals surface area contributed by atoms with Crippen LogP contribution < -0.4 is 16.1 Å². The molecule has 1 aromatic carbocycles. The molecule has 3 N–H and O–H groups in total. The fourth-order valence-electron chi connectivity index (χ4n) is 3.72. The minimum absolute atomic E-state index is 0.00774. The van der Waals surface area contributed by atoms with Crippen LogP contribution in [-0.2, 0) is 20.7 Å². The molecule has 1 saturated heterocycles. The molecule has 9 heteroatoms. The first-order valence-corrected chi connectivity index (χ1v) is 9.95. The van der Waals surface area contributed by atoms with Crippen LogP contribution >= 0.6 is 0 Å². The average Bonchev–Trinajstić information content (AvgIpc) is 2.66. The van der Waals surface area contributed by atoms with Gasteiger partial charge in [-0.3, -0.25) is 4.79 Å². The number of aliphatic hydroxyl groups is 1. The third-order valence-corrected chi connectivity index (χ3v) is 5.73. The van der Waals surface area contributed by atoms with Gasteiger partial charge in [0, 0.05) is 28.9 Å². The molecule has 0 bridgehead atoms. The van der Waals surface area contributed by atoms with E-state index in [0.29, 0.717) is 22.3 Å². The van der Waals surface area contributed by atoms with Crippen LogP contribution in [0, 0.1) is 12.8 Å². The molecule has 1 aliphatic heterocycles. The number of benzene rings is 1. The number of primary amides is 1. The minimum Gasteiger partial charge on any atom is -0.462 e. The Bertz CT molecular complexity index is 1070. The van der Waals surface area contributed by atoms with Gasteiger partial charge < -0.3 is 29.5 Å². The molecule has 1 amide bonds. The Morgan fingerprint density at radius 3 is 2.58 bits per heavy atom. The molecule has 31 heavy (non-hydrogen) atoms. The number of rotatable bonds is 5. The van der Waals surface area contributed by atoms with E-state index in [-0.39, 0.29) is 23.7 Å². The first-order valence-electron chi connectivity index (χ1n) is 9.95. The van der Waals surface area contributed by atoms with Crippen LogP contribution in [0.3, 0.4) is 0 Å². The van der Waals surface area contributed by atoms with Gasteiger partial charge in [-0.1, -0.05) is 6.92 Å². The number of ether oxygens (including phenoxy) is 3. The number of aryl methyl sites for hydroxylation is 1. The highest BCUT2D eigenvalue weighted by molar-refractivity contribution is 5.84. The van der Waals surface area contributed by atoms with Crippen molar-refractivity contribution in [3.8, 4) is 5.75 Å². The van der Waals surface area contributed by atoms with Gasteiger partial charge in [-0.25, -0.2) is 9.59 Å². The zero-order chi connectivity index (χ0) is 23.1. The van der Waals surface area contributed by atoms with Gasteiger partial charge in [-0.2, -0.15) is 0 Å². The summed E-state index contributed by atoms with van der Waals surface area (Å²) in [4.78, 5) is 34.9. The Kier molecular flexibility index (Phi) is 6.11. The fraction of sp³-hybridized carbons (Fsp3) is 0.500. The van der Waals surface area contributed by atoms with Crippen molar-refractivity contribution in [2.75, 3.05) is 0 Å². The summed E-state index contributed by atoms with van der Waals surface area (Å²) in [6.45, 7) is 8.46. The molecule has 2 heterocycles. The second-order valence-electron chi connectivity index (χ2n) is 8.43. The minimum atomic E-state index is -1.30. The van der Waals surface area contributed by atoms with Gasteiger partial charge in [-0.15, -0.1) is 0 Å². The molecule has 1 aliphatic rings. The Hall–Kier alpha value is -2.91. The van der Waals surface area contributed by atoms with Crippen LogP contribution in [0.1, 0.15) is 38.8 Å². The summed E-state index contributed by atoms with van der Waals surface area (Å²) in [6.07, 6.45) is -4.39. The topological polar surface area (TPSA) is 138 Å². The molecular weight excluding hydrogens is 406 g/mol. The molecule has 3 rings (SSSR count). The van der Waals surface area contributed by atoms with Crippen LogP contribution in [0.15, 0.2) is 27.4 Å². The van der Waals surface area contributed by atoms with Crippen LogP contribution in [0.2, 0.25) is 0 Å². The molecule has 0 radical (unpaired) electrons. The first kappa shape index (κ1) is 22.8. The lowest BCUT2D eigenvalue weighted by atomic mass is 9.82. The van der Waals surface area contributed by atoms with Crippen LogP contribution in [0.25, 0.3) is 11.0 Å². The maximum Gasteiger partial charge on any atom is 0.404 e. The molecule has 0 aliphatic carbocycles. The SMILES string of the molecule is CC(=O)Cc1cc2ccc(OC3OC(C)(C)[C@H](C)[C@H](OC(N)=O)[C@@H]3O)c(C)c2oc1=O. The first-order chi connectivity index (χ1) is 14.4. The average molecular weight is 433 g/mol. The molecule has 1 aromatic heterocycles. The van der Waals surface area contributed by atoms with Crippen molar-refractivity contribution in [2.24, 2.45) is 11.7 Å². The summed E-state index contributed by atoms with van der Waals surface area (Å²) in [6, 6.07) is 4.96. The van der Waals surface area contributed by atoms with Gasteiger partial charge in [0.25, 0.3) is 0 Å². The lowest BCUT2D eigenvalue weighted by Crippen LogP contribution is -2.61. The number of ketones is 1. The highest BCUT2D eigenvalue weighted by Gasteiger charge is 2.50. The van der Waals surface area contributed by atoms with E-state index in [4.69, 9.17) is 24.4 Å². The molecule has 1 unspecified atom stereocenters. The predicted molar refractivity (Wildman–Crippen MR) is 111 cm³/mol. The van der Waals surface area contributed by atoms with Gasteiger partial charge in [0.1, 0.15) is 23.2 Å². The van der Waals surface area contributed by atoms with Gasteiger partial charge in [0.15, 0.2) is 6.10 Å². The van der Waals surface area contributed by atoms with E-state index in [1.807, 2.05) is 0 Å². The molecule has 2 aromatic rings. The number of fused-ring (bicyclic) bond motifs is 1. The summed E-state index contributed by atoms with van der Waals surface area (Å²) in [5.74, 6) is -0.177. The molecule has 9 nitrogen and oxygen atoms in total. The van der Waals surface area contributed by atoms with Gasteiger partial charge in [0.2, 0.25) is 6.29 Å². The monoisotopic (exact) mass is 433 g/mol. The van der Waals surface area contributed by atoms with Crippen LogP contribution in [0.5, 0.6) is 5.75 Å². The van der Waals surface area contributed by atoms with Crippen molar-refractivity contribution in [3.05, 3.63) is 39.7 Å². The highest BCUT2D eigenvalue weighted by Crippen LogP contribution is 2.38. The zero-order valence-corrected chi connectivity index (χ0v) is 18.1. The number of carbonyl (C=O) groups is 2. The Balaban J connectivity index is 1.94. The summed E-state index contributed by atoms with van der Waals surface area (Å²) in [5, 5.41) is 11.4. The van der Waals surface area contributed by atoms with Crippen molar-refractivity contribution in [2.45, 2.75) is 65.1 Å². The van der Waals surface area contributed by atoms with E-state index in [2.05, 4.69) is 0 Å². The molecule has 4 atom stereocenters. The standard InChI is InChI=1S/C22H27NO8/c1-10(24)8-14-9-13-6-7-15(11(2)17(13)29-19(14)26)28-20-16(25)18(30-21(23)27)12(3)22(4,5)31-20/h6-7,9,12,16,18,20,25H,8H2,1-5H3,(H2,23,27)/t12-,16+,18+,20?/m1/s1. The number of aliphatic hydroxyl groups excluding tert-OH is 1. The van der Waals surface area contributed by atoms with Crippen molar-refractivity contribution in [1.29, 1.82) is 0 Å². The predicted octanol–water partition coefficient (Wildman–Crippen LogP) is 2.21. The maximum atomic E-state index is 12.3. The normalized spacial score (nSPS) is 25.2. The lowest BCUT2D eigenvalue weighted by molar-refractivity contribution is -0.283. The maximum absolute atomic E-state index is 12.3. The summed E-state index contributed by atoms with van der Waals surface area (Å²) in [7, 11) is 0. The molecule has 0 spiro atoms. The van der Waals surface area contributed by atoms with Crippen molar-refractivity contribution in [1.82, 2.24) is 0 Å². The van der Waals surface area contributed by atoms with Crippen molar-refractivity contribution >= 4 is 22.8 Å². The molecule has 0 saturated carbocycles. The molecule has 1 fully saturated rings. The Labute approximate surface area is 179 Å². The molecular formula is C22H27NO8. The highest BCUT2D eigenvalue weighted by atomic mass is 16.7. The van der Waals surface area contributed by atoms with Crippen molar-refractivity contribution in [3.63, 3.8) is 0 Å². The third kappa shape index (κ3) is 4.57. The van der Waals surface area contributed by atoms with Crippen LogP contribution in [0.4, 0.5) is 4.79 Å². The summed E-state index contributed by atoms with van der Waals surface area (Å²) in [5.41, 5.74) is 4.88. The summed E-state index contributed by atoms with van der Waals surface area (Å²) < 4.78 is 22.4. The van der Waals surface area contributed by atoms with Crippen molar-refractivity contribution < 1.29 is 33.3 Å². The van der Waals surface area contributed by atoms with E-state index in [1.165, 1.54) is 6.92 Å². The van der Waals surface area contributed by atoms with Gasteiger partial charge in [-0.05, 0) is 45.9 Å². The van der Waals surface area contributed by atoms with E-state index < -0.39 is 35.8 Å². The number of carbonyl (C=O) groups excluding carboxylic acids is 2. The zero-order valence-electron chi connectivity index (χ0n) is 18.1. The second-order valence-corrected chi connectivity index (χ2v) is 8.43. The Morgan fingerprint density at radius 1 is 1.29 bits per heavy atom. The lowest BCUT2D eigenvalue weighted by Gasteiger charge is -2.47. The number of hydrogen-bond acceptors (Lipinski definition) is 8. The van der Waals surface area contributed by atoms with E-state index >= 15 is 0 Å². The number of Topliss-reactive ketones (excluding diaryl/α,β-unsaturated/α-hetero) is 1.